The second-order valence-electron chi connectivity index (χ2n) is 12.9. The molecule has 0 aromatic rings. The predicted molar refractivity (Wildman–Crippen MR) is 158 cm³/mol. The molecule has 0 amide bonds. The number of hydrogen-bond acceptors (Lipinski definition) is 2. The molecule has 0 aromatic heterocycles. The zero-order chi connectivity index (χ0) is 25.8. The maximum atomic E-state index is 6.23. The molecule has 0 aliphatic heterocycles. The monoisotopic (exact) mass is 507 g/mol. The van der Waals surface area contributed by atoms with Gasteiger partial charge in [0.2, 0.25) is 0 Å². The van der Waals surface area contributed by atoms with Crippen LogP contribution in [-0.4, -0.2) is 25.4 Å². The van der Waals surface area contributed by atoms with Gasteiger partial charge in [-0.2, -0.15) is 0 Å². The van der Waals surface area contributed by atoms with E-state index in [2.05, 4.69) is 27.7 Å². The van der Waals surface area contributed by atoms with Crippen LogP contribution in [0.2, 0.25) is 0 Å². The first-order chi connectivity index (χ1) is 17.6. The molecule has 2 aliphatic rings. The standard InChI is InChI=1S/C34H66O2/c1-5-7-9-11-13-15-31-17-21-33(22-18-31)25-27-35-29(3)30(4)36-28-26-34-23-19-32(20-24-34)16-14-12-10-8-6-2/h29-34H,5-28H2,1-4H3. The van der Waals surface area contributed by atoms with Gasteiger partial charge >= 0.3 is 0 Å². The summed E-state index contributed by atoms with van der Waals surface area (Å²) in [5.74, 6) is 3.83. The molecular formula is C34H66O2. The third kappa shape index (κ3) is 14.8. The zero-order valence-corrected chi connectivity index (χ0v) is 25.3. The van der Waals surface area contributed by atoms with E-state index >= 15 is 0 Å². The predicted octanol–water partition coefficient (Wildman–Crippen LogP) is 10.9. The first-order valence-electron chi connectivity index (χ1n) is 16.8. The summed E-state index contributed by atoms with van der Waals surface area (Å²) in [4.78, 5) is 0. The minimum atomic E-state index is 0.216. The first kappa shape index (κ1) is 32.1. The van der Waals surface area contributed by atoms with Crippen molar-refractivity contribution in [2.45, 2.75) is 181 Å². The van der Waals surface area contributed by atoms with Crippen LogP contribution in [0.5, 0.6) is 0 Å². The van der Waals surface area contributed by atoms with Crippen LogP contribution in [0.15, 0.2) is 0 Å². The van der Waals surface area contributed by atoms with Crippen molar-refractivity contribution in [3.8, 4) is 0 Å². The van der Waals surface area contributed by atoms with E-state index in [-0.39, 0.29) is 12.2 Å². The van der Waals surface area contributed by atoms with Crippen LogP contribution in [0, 0.1) is 23.7 Å². The Morgan fingerprint density at radius 1 is 0.444 bits per heavy atom. The molecule has 0 N–H and O–H groups in total. The lowest BCUT2D eigenvalue weighted by atomic mass is 9.78. The van der Waals surface area contributed by atoms with E-state index in [0.717, 1.165) is 36.9 Å². The number of ether oxygens (including phenoxy) is 2. The lowest BCUT2D eigenvalue weighted by molar-refractivity contribution is -0.0631. The molecule has 2 nitrogen and oxygen atoms in total. The quantitative estimate of drug-likeness (QED) is 0.144. The molecular weight excluding hydrogens is 440 g/mol. The number of rotatable bonds is 21. The SMILES string of the molecule is CCCCCCCC1CCC(CCOC(C)C(C)OCCC2CCC(CCCCCCC)CC2)CC1. The maximum absolute atomic E-state index is 6.23. The number of unbranched alkanes of at least 4 members (excludes halogenated alkanes) is 8. The summed E-state index contributed by atoms with van der Waals surface area (Å²) in [6, 6.07) is 0. The van der Waals surface area contributed by atoms with Crippen LogP contribution < -0.4 is 0 Å². The van der Waals surface area contributed by atoms with Crippen LogP contribution in [0.1, 0.15) is 169 Å². The van der Waals surface area contributed by atoms with E-state index < -0.39 is 0 Å². The van der Waals surface area contributed by atoms with E-state index in [4.69, 9.17) is 9.47 Å². The van der Waals surface area contributed by atoms with Crippen LogP contribution in [0.25, 0.3) is 0 Å². The summed E-state index contributed by atoms with van der Waals surface area (Å²) >= 11 is 0. The van der Waals surface area contributed by atoms with Crippen molar-refractivity contribution < 1.29 is 9.47 Å². The molecule has 2 unspecified atom stereocenters. The van der Waals surface area contributed by atoms with E-state index in [1.54, 1.807) is 0 Å². The number of hydrogen-bond donors (Lipinski definition) is 0. The molecule has 214 valence electrons. The molecule has 0 aromatic carbocycles. The van der Waals surface area contributed by atoms with Crippen LogP contribution in [-0.2, 0) is 9.47 Å². The molecule has 2 aliphatic carbocycles. The third-order valence-electron chi connectivity index (χ3n) is 9.84. The van der Waals surface area contributed by atoms with Crippen molar-refractivity contribution in [2.75, 3.05) is 13.2 Å². The van der Waals surface area contributed by atoms with Gasteiger partial charge in [0.1, 0.15) is 0 Å². The molecule has 0 saturated heterocycles. The van der Waals surface area contributed by atoms with E-state index in [1.807, 2.05) is 0 Å². The Hall–Kier alpha value is -0.0800. The highest BCUT2D eigenvalue weighted by atomic mass is 16.5. The first-order valence-corrected chi connectivity index (χ1v) is 16.8. The average molecular weight is 507 g/mol. The van der Waals surface area contributed by atoms with Gasteiger partial charge in [0.05, 0.1) is 12.2 Å². The van der Waals surface area contributed by atoms with Crippen molar-refractivity contribution in [2.24, 2.45) is 23.7 Å². The minimum absolute atomic E-state index is 0.216. The molecule has 0 spiro atoms. The van der Waals surface area contributed by atoms with Gasteiger partial charge in [-0.3, -0.25) is 0 Å². The Morgan fingerprint density at radius 3 is 1.08 bits per heavy atom. The van der Waals surface area contributed by atoms with Crippen molar-refractivity contribution >= 4 is 0 Å². The highest BCUT2D eigenvalue weighted by Crippen LogP contribution is 2.35. The lowest BCUT2D eigenvalue weighted by Gasteiger charge is -2.30. The molecule has 0 bridgehead atoms. The Labute approximate surface area is 227 Å². The largest absolute Gasteiger partial charge is 0.376 e. The fourth-order valence-corrected chi connectivity index (χ4v) is 6.80. The molecule has 2 rings (SSSR count). The summed E-state index contributed by atoms with van der Waals surface area (Å²) < 4.78 is 12.5. The fraction of sp³-hybridized carbons (Fsp3) is 1.00. The van der Waals surface area contributed by atoms with Gasteiger partial charge in [0, 0.05) is 13.2 Å². The second kappa shape index (κ2) is 20.8. The summed E-state index contributed by atoms with van der Waals surface area (Å²) in [5, 5.41) is 0. The molecule has 2 saturated carbocycles. The Morgan fingerprint density at radius 2 is 0.750 bits per heavy atom. The van der Waals surface area contributed by atoms with Gasteiger partial charge in [-0.05, 0) is 50.4 Å². The molecule has 2 heteroatoms. The van der Waals surface area contributed by atoms with Gasteiger partial charge < -0.3 is 9.47 Å². The van der Waals surface area contributed by atoms with E-state index in [0.29, 0.717) is 0 Å². The van der Waals surface area contributed by atoms with Crippen molar-refractivity contribution in [3.63, 3.8) is 0 Å². The zero-order valence-electron chi connectivity index (χ0n) is 25.3. The van der Waals surface area contributed by atoms with Crippen LogP contribution in [0.4, 0.5) is 0 Å². The van der Waals surface area contributed by atoms with Crippen molar-refractivity contribution in [1.82, 2.24) is 0 Å². The topological polar surface area (TPSA) is 18.5 Å². The van der Waals surface area contributed by atoms with Gasteiger partial charge in [0.25, 0.3) is 0 Å². The molecule has 36 heavy (non-hydrogen) atoms. The Balaban J connectivity index is 1.42. The smallest absolute Gasteiger partial charge is 0.0805 e. The Kier molecular flexibility index (Phi) is 18.6. The second-order valence-corrected chi connectivity index (χ2v) is 12.9. The summed E-state index contributed by atoms with van der Waals surface area (Å²) in [5.41, 5.74) is 0. The van der Waals surface area contributed by atoms with Gasteiger partial charge in [-0.25, -0.2) is 0 Å². The van der Waals surface area contributed by atoms with Gasteiger partial charge in [-0.15, -0.1) is 0 Å². The van der Waals surface area contributed by atoms with Gasteiger partial charge in [-0.1, -0.05) is 142 Å². The molecule has 2 atom stereocenters. The molecule has 0 heterocycles. The highest BCUT2D eigenvalue weighted by molar-refractivity contribution is 4.74. The normalized spacial score (nSPS) is 26.7. The van der Waals surface area contributed by atoms with Gasteiger partial charge in [0.15, 0.2) is 0 Å². The average Bonchev–Trinajstić information content (AvgIpc) is 2.90. The Bertz CT molecular complexity index is 432. The van der Waals surface area contributed by atoms with Crippen molar-refractivity contribution in [1.29, 1.82) is 0 Å². The van der Waals surface area contributed by atoms with E-state index in [9.17, 15) is 0 Å². The molecule has 0 radical (unpaired) electrons. The van der Waals surface area contributed by atoms with Crippen LogP contribution in [0.3, 0.4) is 0 Å². The molecule has 2 fully saturated rings. The lowest BCUT2D eigenvalue weighted by Crippen LogP contribution is -2.28. The summed E-state index contributed by atoms with van der Waals surface area (Å²) in [6.45, 7) is 10.9. The van der Waals surface area contributed by atoms with E-state index in [1.165, 1.54) is 141 Å². The summed E-state index contributed by atoms with van der Waals surface area (Å²) in [7, 11) is 0. The van der Waals surface area contributed by atoms with Crippen LogP contribution >= 0.6 is 0 Å². The highest BCUT2D eigenvalue weighted by Gasteiger charge is 2.23. The fourth-order valence-electron chi connectivity index (χ4n) is 6.80. The minimum Gasteiger partial charge on any atom is -0.376 e. The third-order valence-corrected chi connectivity index (χ3v) is 9.84. The maximum Gasteiger partial charge on any atom is 0.0805 e. The van der Waals surface area contributed by atoms with Crippen molar-refractivity contribution in [3.05, 3.63) is 0 Å². The summed E-state index contributed by atoms with van der Waals surface area (Å²) in [6.07, 6.45) is 31.8.